The Morgan fingerprint density at radius 2 is 1.78 bits per heavy atom. The van der Waals surface area contributed by atoms with E-state index in [2.05, 4.69) is 15.0 Å². The number of hydrogen-bond donors (Lipinski definition) is 0. The lowest BCUT2D eigenvalue weighted by atomic mass is 10.0. The summed E-state index contributed by atoms with van der Waals surface area (Å²) < 4.78 is 13.0. The summed E-state index contributed by atoms with van der Waals surface area (Å²) in [5.41, 5.74) is 2.65. The van der Waals surface area contributed by atoms with Gasteiger partial charge in [0.2, 0.25) is 0 Å². The summed E-state index contributed by atoms with van der Waals surface area (Å²) in [4.78, 5) is 25.1. The maximum absolute atomic E-state index is 13.0. The van der Waals surface area contributed by atoms with Crippen LogP contribution in [0.25, 0.3) is 22.0 Å². The molecular formula is C21H13ClFN3O. The molecule has 2 aromatic heterocycles. The van der Waals surface area contributed by atoms with Crippen LogP contribution in [-0.4, -0.2) is 20.7 Å². The van der Waals surface area contributed by atoms with Crippen LogP contribution in [-0.2, 0) is 6.42 Å². The Labute approximate surface area is 159 Å². The van der Waals surface area contributed by atoms with Crippen molar-refractivity contribution in [1.82, 2.24) is 15.0 Å². The van der Waals surface area contributed by atoms with Crippen LogP contribution in [0.2, 0.25) is 5.15 Å². The molecule has 0 aliphatic carbocycles. The minimum absolute atomic E-state index is 0.112. The maximum atomic E-state index is 13.0. The van der Waals surface area contributed by atoms with Gasteiger partial charge in [-0.3, -0.25) is 14.8 Å². The van der Waals surface area contributed by atoms with Gasteiger partial charge < -0.3 is 0 Å². The van der Waals surface area contributed by atoms with E-state index in [9.17, 15) is 9.18 Å². The van der Waals surface area contributed by atoms with Crippen LogP contribution in [0.15, 0.2) is 67.1 Å². The number of Topliss-reactive ketones (excluding diaryl/α,β-unsaturated/α-hetero) is 1. The van der Waals surface area contributed by atoms with E-state index in [0.717, 1.165) is 16.3 Å². The molecule has 0 bridgehead atoms. The molecule has 0 spiro atoms. The Morgan fingerprint density at radius 1 is 0.963 bits per heavy atom. The lowest BCUT2D eigenvalue weighted by Crippen LogP contribution is -2.05. The second kappa shape index (κ2) is 7.21. The maximum Gasteiger partial charge on any atom is 0.168 e. The number of benzene rings is 2. The number of carbonyl (C=O) groups is 1. The normalized spacial score (nSPS) is 10.9. The van der Waals surface area contributed by atoms with Gasteiger partial charge in [-0.1, -0.05) is 23.7 Å². The standard InChI is InChI=1S/C21H13ClFN3O/c22-21-12-24-11-19(26-21)14-1-2-15-10-25-18(8-16(15)7-14)9-20(27)13-3-5-17(23)6-4-13/h1-8,10-12H,9H2. The summed E-state index contributed by atoms with van der Waals surface area (Å²) in [6, 6.07) is 13.2. The lowest BCUT2D eigenvalue weighted by molar-refractivity contribution is 0.0992. The lowest BCUT2D eigenvalue weighted by Gasteiger charge is -2.06. The van der Waals surface area contributed by atoms with Gasteiger partial charge in [0.1, 0.15) is 11.0 Å². The average Bonchev–Trinajstić information content (AvgIpc) is 2.68. The first-order valence-corrected chi connectivity index (χ1v) is 8.62. The van der Waals surface area contributed by atoms with Crippen molar-refractivity contribution < 1.29 is 9.18 Å². The van der Waals surface area contributed by atoms with Crippen LogP contribution in [0.3, 0.4) is 0 Å². The van der Waals surface area contributed by atoms with Crippen molar-refractivity contribution >= 4 is 28.2 Å². The van der Waals surface area contributed by atoms with Crippen LogP contribution in [0.5, 0.6) is 0 Å². The fourth-order valence-corrected chi connectivity index (χ4v) is 2.97. The largest absolute Gasteiger partial charge is 0.294 e. The molecule has 4 nitrogen and oxygen atoms in total. The number of aromatic nitrogens is 3. The van der Waals surface area contributed by atoms with Gasteiger partial charge in [-0.05, 0) is 41.8 Å². The van der Waals surface area contributed by atoms with Gasteiger partial charge in [0.05, 0.1) is 24.5 Å². The Morgan fingerprint density at radius 3 is 2.56 bits per heavy atom. The zero-order valence-corrected chi connectivity index (χ0v) is 14.8. The first-order chi connectivity index (χ1) is 13.1. The highest BCUT2D eigenvalue weighted by atomic mass is 35.5. The molecule has 0 N–H and O–H groups in total. The summed E-state index contributed by atoms with van der Waals surface area (Å²) in [6.45, 7) is 0. The van der Waals surface area contributed by atoms with Gasteiger partial charge in [-0.15, -0.1) is 0 Å². The fourth-order valence-electron chi connectivity index (χ4n) is 2.83. The molecule has 6 heteroatoms. The van der Waals surface area contributed by atoms with E-state index < -0.39 is 0 Å². The molecule has 4 aromatic rings. The number of carbonyl (C=O) groups excluding carboxylic acids is 1. The Balaban J connectivity index is 1.64. The van der Waals surface area contributed by atoms with Crippen LogP contribution in [0.4, 0.5) is 4.39 Å². The smallest absolute Gasteiger partial charge is 0.168 e. The molecule has 0 radical (unpaired) electrons. The van der Waals surface area contributed by atoms with Crippen LogP contribution in [0, 0.1) is 5.82 Å². The number of hydrogen-bond acceptors (Lipinski definition) is 4. The molecule has 2 heterocycles. The van der Waals surface area contributed by atoms with E-state index in [1.807, 2.05) is 24.3 Å². The van der Waals surface area contributed by atoms with Crippen LogP contribution in [0.1, 0.15) is 16.1 Å². The Kier molecular flexibility index (Phi) is 4.60. The number of ketones is 1. The van der Waals surface area contributed by atoms with Gasteiger partial charge in [-0.25, -0.2) is 9.37 Å². The van der Waals surface area contributed by atoms with E-state index in [4.69, 9.17) is 11.6 Å². The van der Waals surface area contributed by atoms with E-state index >= 15 is 0 Å². The van der Waals surface area contributed by atoms with Crippen molar-refractivity contribution in [2.45, 2.75) is 6.42 Å². The van der Waals surface area contributed by atoms with Crippen molar-refractivity contribution in [3.63, 3.8) is 0 Å². The minimum atomic E-state index is -0.368. The first-order valence-electron chi connectivity index (χ1n) is 8.24. The number of nitrogens with zero attached hydrogens (tertiary/aromatic N) is 3. The van der Waals surface area contributed by atoms with E-state index in [1.165, 1.54) is 30.5 Å². The molecule has 0 aliphatic rings. The minimum Gasteiger partial charge on any atom is -0.294 e. The number of pyridine rings is 1. The highest BCUT2D eigenvalue weighted by Crippen LogP contribution is 2.24. The summed E-state index contributed by atoms with van der Waals surface area (Å²) in [7, 11) is 0. The van der Waals surface area contributed by atoms with Crippen LogP contribution >= 0.6 is 11.6 Å². The summed E-state index contributed by atoms with van der Waals surface area (Å²) in [5, 5.41) is 2.21. The summed E-state index contributed by atoms with van der Waals surface area (Å²) >= 11 is 5.92. The topological polar surface area (TPSA) is 55.7 Å². The SMILES string of the molecule is O=C(Cc1cc2cc(-c3cncc(Cl)n3)ccc2cn1)c1ccc(F)cc1. The van der Waals surface area contributed by atoms with Crippen molar-refractivity contribution in [2.75, 3.05) is 0 Å². The summed E-state index contributed by atoms with van der Waals surface area (Å²) in [6.07, 6.45) is 5.00. The third-order valence-corrected chi connectivity index (χ3v) is 4.37. The van der Waals surface area contributed by atoms with Gasteiger partial charge >= 0.3 is 0 Å². The second-order valence-corrected chi connectivity index (χ2v) is 6.46. The second-order valence-electron chi connectivity index (χ2n) is 6.07. The third-order valence-electron chi connectivity index (χ3n) is 4.19. The zero-order valence-electron chi connectivity index (χ0n) is 14.1. The van der Waals surface area contributed by atoms with Crippen LogP contribution < -0.4 is 0 Å². The Hall–Kier alpha value is -3.18. The zero-order chi connectivity index (χ0) is 18.8. The molecule has 0 amide bonds. The molecule has 27 heavy (non-hydrogen) atoms. The molecule has 0 unspecified atom stereocenters. The van der Waals surface area contributed by atoms with Crippen molar-refractivity contribution in [2.24, 2.45) is 0 Å². The van der Waals surface area contributed by atoms with E-state index in [-0.39, 0.29) is 18.0 Å². The van der Waals surface area contributed by atoms with Gasteiger partial charge in [-0.2, -0.15) is 0 Å². The molecule has 0 aliphatic heterocycles. The Bertz CT molecular complexity index is 1150. The van der Waals surface area contributed by atoms with Crippen molar-refractivity contribution in [3.8, 4) is 11.3 Å². The third kappa shape index (κ3) is 3.83. The van der Waals surface area contributed by atoms with Crippen molar-refractivity contribution in [3.05, 3.63) is 89.3 Å². The van der Waals surface area contributed by atoms with Crippen molar-refractivity contribution in [1.29, 1.82) is 0 Å². The van der Waals surface area contributed by atoms with Gasteiger partial charge in [0.25, 0.3) is 0 Å². The predicted molar refractivity (Wildman–Crippen MR) is 102 cm³/mol. The molecule has 132 valence electrons. The fraction of sp³-hybridized carbons (Fsp3) is 0.0476. The average molecular weight is 378 g/mol. The number of fused-ring (bicyclic) bond motifs is 1. The van der Waals surface area contributed by atoms with E-state index in [0.29, 0.717) is 22.1 Å². The quantitative estimate of drug-likeness (QED) is 0.474. The van der Waals surface area contributed by atoms with Gasteiger partial charge in [0.15, 0.2) is 5.78 Å². The first kappa shape index (κ1) is 17.2. The highest BCUT2D eigenvalue weighted by Gasteiger charge is 2.10. The predicted octanol–water partition coefficient (Wildman–Crippen LogP) is 4.91. The monoisotopic (exact) mass is 377 g/mol. The van der Waals surface area contributed by atoms with Gasteiger partial charge in [0, 0.05) is 28.4 Å². The molecule has 4 rings (SSSR count). The molecule has 0 saturated carbocycles. The number of rotatable bonds is 4. The molecule has 2 aromatic carbocycles. The molecular weight excluding hydrogens is 365 g/mol. The molecule has 0 fully saturated rings. The molecule has 0 atom stereocenters. The van der Waals surface area contributed by atoms with E-state index in [1.54, 1.807) is 12.4 Å². The molecule has 0 saturated heterocycles. The highest BCUT2D eigenvalue weighted by molar-refractivity contribution is 6.29. The number of halogens is 2. The summed E-state index contributed by atoms with van der Waals surface area (Å²) in [5.74, 6) is -0.481.